The zero-order chi connectivity index (χ0) is 75.0. The number of aromatic nitrogens is 7. The van der Waals surface area contributed by atoms with Crippen molar-refractivity contribution in [2.24, 2.45) is 0 Å². The van der Waals surface area contributed by atoms with Crippen molar-refractivity contribution < 1.29 is 42.4 Å². The molecule has 0 fully saturated rings. The van der Waals surface area contributed by atoms with Crippen LogP contribution in [0.1, 0.15) is 51.9 Å². The fraction of sp³-hybridized carbons (Fsp3) is 0.0485. The molecule has 0 N–H and O–H groups in total. The number of alkyl halides is 3. The second-order valence-electron chi connectivity index (χ2n) is 29.4. The number of halogens is 3. The van der Waals surface area contributed by atoms with Gasteiger partial charge in [0.15, 0.2) is 0 Å². The van der Waals surface area contributed by atoms with Crippen molar-refractivity contribution in [2.45, 2.75) is 31.9 Å². The first-order valence-electron chi connectivity index (χ1n) is 38.2. The molecule has 4 aliphatic carbocycles. The molecule has 4 aromatic heterocycles. The Hall–Kier alpha value is -13.7. The standard InChI is InChI=1S/2C47H29N2.C9H5F3N3.Ir/c2*1-3-9-36(10-4-1)46-47(37-11-5-2-6-12-37)49(41-28-24-35-20-18-31-14-8-16-33-22-26-39(41)45(35)43(31)33)29-48(46)40-27-23-34-19-17-30-13-7-15-32-21-25-38(40)44(34)42(30)32;10-9(11,12)8-5-7(14-15-8)6-3-1-2-4-13-6;/h2*1-13,15-19,21-27H,14,20H2;1-5H;/q3*-1;. The Balaban J connectivity index is 0.000000120. The summed E-state index contributed by atoms with van der Waals surface area (Å²) < 4.78 is 45.7. The number of rotatable bonds is 9. The Kier molecular flexibility index (Phi) is 16.4. The van der Waals surface area contributed by atoms with Gasteiger partial charge in [0.2, 0.25) is 0 Å². The molecule has 7 nitrogen and oxygen atoms in total. The maximum absolute atomic E-state index is 12.2. The van der Waals surface area contributed by atoms with Gasteiger partial charge in [-0.1, -0.05) is 292 Å². The van der Waals surface area contributed by atoms with Crippen LogP contribution in [0.25, 0.3) is 189 Å². The van der Waals surface area contributed by atoms with E-state index in [1.54, 1.807) is 18.2 Å². The van der Waals surface area contributed by atoms with Gasteiger partial charge in [0.1, 0.15) is 5.69 Å². The van der Waals surface area contributed by atoms with E-state index in [0.29, 0.717) is 5.69 Å². The van der Waals surface area contributed by atoms with Crippen LogP contribution in [0.4, 0.5) is 13.2 Å². The van der Waals surface area contributed by atoms with Gasteiger partial charge in [0, 0.05) is 32.0 Å². The number of hydrogen-bond acceptors (Lipinski definition) is 2. The monoisotopic (exact) mass is 1650 g/mol. The van der Waals surface area contributed by atoms with Crippen LogP contribution in [0.3, 0.4) is 0 Å². The fourth-order valence-corrected chi connectivity index (χ4v) is 18.1. The van der Waals surface area contributed by atoms with Gasteiger partial charge in [-0.05, 0) is 175 Å². The minimum atomic E-state index is -4.46. The molecule has 0 unspecified atom stereocenters. The Bertz CT molecular complexity index is 6950. The number of hydrogen-bond donors (Lipinski definition) is 0. The molecular weight excluding hydrogens is 1580 g/mol. The second kappa shape index (κ2) is 27.4. The smallest absolute Gasteiger partial charge is 0.431 e. The van der Waals surface area contributed by atoms with Crippen LogP contribution in [0.2, 0.25) is 0 Å². The third-order valence-corrected chi connectivity index (χ3v) is 23.1. The summed E-state index contributed by atoms with van der Waals surface area (Å²) in [7, 11) is 0. The maximum Gasteiger partial charge on any atom is 0.431 e. The molecule has 1 radical (unpaired) electrons. The molecule has 0 aliphatic heterocycles. The molecule has 543 valence electrons. The molecule has 0 bridgehead atoms. The SMILES string of the molecule is FC(F)(F)c1cc(-c2ccccn2)[n-]n1.[Ir].[c-]1cc2c3c4c(ccc3c1-n1[c-][n+](-c3ccc5ccc6cccc7ccc3c5c67)c(-c3ccccc3)c1-c1ccccc1)C=CCC4=CC2.[c-]1cc2c3c4c(ccc3c1-n1[c-][n+](-c3ccc5ccc6cccc7ccc3c5c67)c(-c3ccccc3)c1-c1ccccc1)C=CCC4=CC2. The zero-order valence-electron chi connectivity index (χ0n) is 61.2. The first kappa shape index (κ1) is 68.3. The topological polar surface area (TPSA) is 57.5 Å². The minimum Gasteiger partial charge on any atom is -0.573 e. The molecule has 0 saturated heterocycles. The first-order valence-corrected chi connectivity index (χ1v) is 38.2. The molecule has 4 aliphatic rings. The molecule has 4 heterocycles. The third kappa shape index (κ3) is 11.1. The molecule has 114 heavy (non-hydrogen) atoms. The van der Waals surface area contributed by atoms with E-state index in [9.17, 15) is 13.2 Å². The summed E-state index contributed by atoms with van der Waals surface area (Å²) in [5.74, 6) is 0. The van der Waals surface area contributed by atoms with E-state index >= 15 is 0 Å². The first-order chi connectivity index (χ1) is 55.7. The third-order valence-electron chi connectivity index (χ3n) is 23.1. The predicted molar refractivity (Wildman–Crippen MR) is 451 cm³/mol. The van der Waals surface area contributed by atoms with Crippen molar-refractivity contribution in [1.29, 1.82) is 0 Å². The molecule has 16 aromatic carbocycles. The molecule has 11 heteroatoms. The Labute approximate surface area is 668 Å². The summed E-state index contributed by atoms with van der Waals surface area (Å²) >= 11 is 0. The van der Waals surface area contributed by atoms with Crippen LogP contribution < -0.4 is 14.2 Å². The quantitative estimate of drug-likeness (QED) is 0.0822. The molecule has 20 aromatic rings. The van der Waals surface area contributed by atoms with E-state index in [-0.39, 0.29) is 25.8 Å². The predicted octanol–water partition coefficient (Wildman–Crippen LogP) is 24.3. The van der Waals surface area contributed by atoms with Crippen LogP contribution >= 0.6 is 0 Å². The number of nitrogens with zero attached hydrogens (tertiary/aromatic N) is 7. The zero-order valence-corrected chi connectivity index (χ0v) is 63.6. The van der Waals surface area contributed by atoms with E-state index in [1.165, 1.54) is 137 Å². The van der Waals surface area contributed by atoms with E-state index in [4.69, 9.17) is 0 Å². The van der Waals surface area contributed by atoms with Crippen molar-refractivity contribution in [3.8, 4) is 79.2 Å². The summed E-state index contributed by atoms with van der Waals surface area (Å²) in [4.78, 5) is 3.87. The van der Waals surface area contributed by atoms with Crippen molar-refractivity contribution in [3.05, 3.63) is 386 Å². The van der Waals surface area contributed by atoms with Crippen molar-refractivity contribution in [2.75, 3.05) is 0 Å². The maximum atomic E-state index is 12.2. The van der Waals surface area contributed by atoms with Crippen molar-refractivity contribution >= 4 is 109 Å². The van der Waals surface area contributed by atoms with Gasteiger partial charge in [0.05, 0.1) is 34.2 Å². The number of benzene rings is 16. The van der Waals surface area contributed by atoms with Crippen LogP contribution in [0.5, 0.6) is 0 Å². The molecular formula is C103H63F3IrN7-3. The van der Waals surface area contributed by atoms with Gasteiger partial charge in [-0.3, -0.25) is 14.1 Å². The van der Waals surface area contributed by atoms with Gasteiger partial charge in [0.25, 0.3) is 12.7 Å². The summed E-state index contributed by atoms with van der Waals surface area (Å²) in [5.41, 5.74) is 23.6. The van der Waals surface area contributed by atoms with Gasteiger partial charge in [-0.25, -0.2) is 0 Å². The Morgan fingerprint density at radius 2 is 0.789 bits per heavy atom. The van der Waals surface area contributed by atoms with Gasteiger partial charge >= 0.3 is 6.18 Å². The van der Waals surface area contributed by atoms with E-state index < -0.39 is 11.9 Å². The molecule has 0 atom stereocenters. The summed E-state index contributed by atoms with van der Waals surface area (Å²) in [6.07, 6.45) is 22.7. The van der Waals surface area contributed by atoms with Crippen LogP contribution in [0, 0.1) is 24.8 Å². The fourth-order valence-electron chi connectivity index (χ4n) is 18.1. The Morgan fingerprint density at radius 1 is 0.386 bits per heavy atom. The van der Waals surface area contributed by atoms with Crippen LogP contribution in [-0.2, 0) is 39.1 Å². The number of imidazole rings is 2. The molecule has 0 amide bonds. The molecule has 0 saturated carbocycles. The largest absolute Gasteiger partial charge is 0.573 e. The molecule has 0 spiro atoms. The van der Waals surface area contributed by atoms with Crippen LogP contribution in [-0.4, -0.2) is 19.2 Å². The Morgan fingerprint density at radius 3 is 1.21 bits per heavy atom. The van der Waals surface area contributed by atoms with Gasteiger partial charge < -0.3 is 19.3 Å². The average molecular weight is 1650 g/mol. The average Bonchev–Trinajstić information content (AvgIpc) is 1.51. The summed E-state index contributed by atoms with van der Waals surface area (Å²) in [5, 5.41) is 26.8. The van der Waals surface area contributed by atoms with Gasteiger partial charge in [-0.2, -0.15) is 37.4 Å². The summed E-state index contributed by atoms with van der Waals surface area (Å²) in [6.45, 7) is 0. The number of pyridine rings is 1. The molecule has 24 rings (SSSR count). The van der Waals surface area contributed by atoms with E-state index in [1.807, 2.05) is 0 Å². The van der Waals surface area contributed by atoms with Crippen LogP contribution in [0.15, 0.2) is 322 Å². The van der Waals surface area contributed by atoms with E-state index in [2.05, 4.69) is 362 Å². The van der Waals surface area contributed by atoms with Gasteiger partial charge in [-0.15, -0.1) is 44.8 Å². The van der Waals surface area contributed by atoms with Crippen molar-refractivity contribution in [3.63, 3.8) is 0 Å². The summed E-state index contributed by atoms with van der Waals surface area (Å²) in [6, 6.07) is 111. The normalized spacial score (nSPS) is 13.2. The van der Waals surface area contributed by atoms with Crippen molar-refractivity contribution in [1.82, 2.24) is 24.3 Å². The van der Waals surface area contributed by atoms with E-state index in [0.717, 1.165) is 99.5 Å². The minimum absolute atomic E-state index is 0. The second-order valence-corrected chi connectivity index (χ2v) is 29.4. The number of allylic oxidation sites excluding steroid dienone is 6.